The molecule has 2 aliphatic heterocycles. The number of rotatable bonds is 6. The van der Waals surface area contributed by atoms with Crippen molar-refractivity contribution >= 4 is 76.2 Å². The molecule has 0 aromatic carbocycles. The fraction of sp³-hybridized carbons (Fsp3) is 0.583. The summed E-state index contributed by atoms with van der Waals surface area (Å²) < 4.78 is 57.2. The molecule has 0 amide bonds. The van der Waals surface area contributed by atoms with E-state index in [0.29, 0.717) is 47.7 Å². The quantitative estimate of drug-likeness (QED) is 0.434. The lowest BCUT2D eigenvalue weighted by atomic mass is 10.3. The number of aromatic nitrogens is 2. The fourth-order valence-corrected chi connectivity index (χ4v) is 6.87. The van der Waals surface area contributed by atoms with Gasteiger partial charge in [0.05, 0.1) is 36.9 Å². The number of hydrogen-bond acceptors (Lipinski definition) is 11. The highest BCUT2D eigenvalue weighted by molar-refractivity contribution is 8.14. The highest BCUT2D eigenvalue weighted by Crippen LogP contribution is 2.31. The maximum atomic E-state index is 11.9. The van der Waals surface area contributed by atoms with Crippen LogP contribution in [0.3, 0.4) is 0 Å². The summed E-state index contributed by atoms with van der Waals surface area (Å²) in [5, 5.41) is 0.596. The van der Waals surface area contributed by atoms with Crippen LogP contribution in [0.4, 0.5) is 23.3 Å². The number of nitrogens with zero attached hydrogens (tertiary/aromatic N) is 4. The zero-order valence-electron chi connectivity index (χ0n) is 22.2. The van der Waals surface area contributed by atoms with E-state index in [1.54, 1.807) is 12.1 Å². The predicted molar refractivity (Wildman–Crippen MR) is 162 cm³/mol. The monoisotopic (exact) mass is 670 g/mol. The van der Waals surface area contributed by atoms with Crippen LogP contribution in [0.1, 0.15) is 25.7 Å². The number of nitrogens with two attached hydrogens (primary N) is 1. The van der Waals surface area contributed by atoms with Gasteiger partial charge in [-0.25, -0.2) is 26.8 Å². The van der Waals surface area contributed by atoms with Crippen LogP contribution in [0.25, 0.3) is 0 Å². The van der Waals surface area contributed by atoms with Crippen LogP contribution in [-0.4, -0.2) is 89.9 Å². The van der Waals surface area contributed by atoms with E-state index in [1.165, 1.54) is 6.07 Å². The smallest absolute Gasteiger partial charge is 0.236 e. The summed E-state index contributed by atoms with van der Waals surface area (Å²) in [4.78, 5) is 12.7. The third-order valence-corrected chi connectivity index (χ3v) is 10.7. The van der Waals surface area contributed by atoms with Gasteiger partial charge in [-0.1, -0.05) is 23.2 Å². The summed E-state index contributed by atoms with van der Waals surface area (Å²) in [7, 11) is -1.57. The summed E-state index contributed by atoms with van der Waals surface area (Å²) in [6.45, 7) is 5.86. The first-order chi connectivity index (χ1) is 19.4. The number of sulfonamides is 1. The van der Waals surface area contributed by atoms with Gasteiger partial charge in [-0.15, -0.1) is 0 Å². The highest BCUT2D eigenvalue weighted by atomic mass is 35.7. The summed E-state index contributed by atoms with van der Waals surface area (Å²) in [5.74, 6) is 2.25. The molecule has 4 aliphatic rings. The molecule has 3 N–H and O–H groups in total. The van der Waals surface area contributed by atoms with Gasteiger partial charge < -0.3 is 25.0 Å². The minimum absolute atomic E-state index is 0.214. The Morgan fingerprint density at radius 3 is 1.63 bits per heavy atom. The molecule has 2 saturated carbocycles. The Kier molecular flexibility index (Phi) is 11.0. The summed E-state index contributed by atoms with van der Waals surface area (Å²) in [6, 6.07) is 6.74. The van der Waals surface area contributed by atoms with Crippen molar-refractivity contribution in [3.8, 4) is 0 Å². The second kappa shape index (κ2) is 14.1. The Morgan fingerprint density at radius 2 is 1.22 bits per heavy atom. The molecule has 4 heterocycles. The average Bonchev–Trinajstić information content (AvgIpc) is 3.81. The van der Waals surface area contributed by atoms with Crippen LogP contribution in [-0.2, 0) is 28.5 Å². The predicted octanol–water partition coefficient (Wildman–Crippen LogP) is 3.35. The molecule has 2 saturated heterocycles. The minimum atomic E-state index is -3.32. The van der Waals surface area contributed by atoms with E-state index in [1.807, 2.05) is 11.0 Å². The van der Waals surface area contributed by atoms with Crippen LogP contribution in [0.2, 0.25) is 10.0 Å². The van der Waals surface area contributed by atoms with Gasteiger partial charge in [0.2, 0.25) is 19.1 Å². The van der Waals surface area contributed by atoms with E-state index >= 15 is 0 Å². The number of nitrogens with one attached hydrogen (secondary N) is 1. The third-order valence-electron chi connectivity index (χ3n) is 6.38. The fourth-order valence-electron chi connectivity index (χ4n) is 3.90. The van der Waals surface area contributed by atoms with Crippen LogP contribution in [0.15, 0.2) is 24.3 Å². The first-order valence-corrected chi connectivity index (χ1v) is 17.8. The van der Waals surface area contributed by atoms with Crippen molar-refractivity contribution in [2.24, 2.45) is 0 Å². The van der Waals surface area contributed by atoms with Crippen molar-refractivity contribution in [1.82, 2.24) is 9.97 Å². The minimum Gasteiger partial charge on any atom is -0.384 e. The topological polar surface area (TPSA) is 157 Å². The van der Waals surface area contributed by atoms with E-state index in [0.717, 1.165) is 58.1 Å². The van der Waals surface area contributed by atoms with E-state index in [2.05, 4.69) is 19.6 Å². The van der Waals surface area contributed by atoms with Gasteiger partial charge in [0.15, 0.2) is 0 Å². The van der Waals surface area contributed by atoms with Crippen molar-refractivity contribution in [1.29, 1.82) is 0 Å². The Bertz CT molecular complexity index is 1380. The van der Waals surface area contributed by atoms with Crippen LogP contribution < -0.4 is 20.3 Å². The van der Waals surface area contributed by atoms with E-state index in [4.69, 9.17) is 49.1 Å². The van der Waals surface area contributed by atoms with E-state index < -0.39 is 19.1 Å². The number of pyridine rings is 2. The third kappa shape index (κ3) is 10.4. The molecular formula is C24H33Cl3N6O6S2. The van der Waals surface area contributed by atoms with E-state index in [-0.39, 0.29) is 16.3 Å². The standard InChI is InChI=1S/C12H16ClN3O3S.C9H12ClN3O.C3H5ClO2S/c13-9-7-11(15-20(17,18)10-1-2-10)14-12(8-9)16-3-5-19-6-4-16;10-7-5-8(11)12-9(6-7)13-1-3-14-4-2-13;4-7(5,6)3-1-2-3/h7-8,10H,1-6H2,(H,14,15);5-6H,1-4H2,(H2,11,12);3H,1-2H2. The molecule has 41 heavy (non-hydrogen) atoms. The van der Waals surface area contributed by atoms with Crippen molar-refractivity contribution < 1.29 is 26.3 Å². The highest BCUT2D eigenvalue weighted by Gasteiger charge is 2.36. The first kappa shape index (κ1) is 32.1. The summed E-state index contributed by atoms with van der Waals surface area (Å²) in [5.41, 5.74) is 5.61. The Hall–Kier alpha value is -1.81. The van der Waals surface area contributed by atoms with E-state index in [9.17, 15) is 16.8 Å². The first-order valence-electron chi connectivity index (χ1n) is 13.1. The molecule has 228 valence electrons. The van der Waals surface area contributed by atoms with Gasteiger partial charge in [-0.3, -0.25) is 4.72 Å². The number of ether oxygens (including phenoxy) is 2. The lowest BCUT2D eigenvalue weighted by molar-refractivity contribution is 0.122. The molecule has 2 aromatic rings. The molecule has 0 spiro atoms. The molecule has 0 unspecified atom stereocenters. The lowest BCUT2D eigenvalue weighted by Gasteiger charge is -2.28. The normalized spacial score (nSPS) is 19.4. The number of halogens is 3. The van der Waals surface area contributed by atoms with Gasteiger partial charge in [0.1, 0.15) is 23.3 Å². The van der Waals surface area contributed by atoms with Gasteiger partial charge >= 0.3 is 0 Å². The van der Waals surface area contributed by atoms with Crippen molar-refractivity contribution in [2.75, 3.05) is 72.9 Å². The zero-order valence-corrected chi connectivity index (χ0v) is 26.1. The van der Waals surface area contributed by atoms with Crippen LogP contribution >= 0.6 is 33.9 Å². The maximum absolute atomic E-state index is 11.9. The van der Waals surface area contributed by atoms with Crippen molar-refractivity contribution in [2.45, 2.75) is 36.2 Å². The lowest BCUT2D eigenvalue weighted by Crippen LogP contribution is -2.36. The molecule has 12 nitrogen and oxygen atoms in total. The van der Waals surface area contributed by atoms with Gasteiger partial charge in [0.25, 0.3) is 0 Å². The largest absolute Gasteiger partial charge is 0.384 e. The van der Waals surface area contributed by atoms with Gasteiger partial charge in [0, 0.05) is 53.0 Å². The van der Waals surface area contributed by atoms with Gasteiger partial charge in [-0.05, 0) is 43.9 Å². The number of anilines is 4. The zero-order chi connectivity index (χ0) is 29.6. The number of nitrogen functional groups attached to an aromatic ring is 1. The van der Waals surface area contributed by atoms with Crippen molar-refractivity contribution in [3.05, 3.63) is 34.3 Å². The molecule has 2 aliphatic carbocycles. The average molecular weight is 672 g/mol. The Morgan fingerprint density at radius 1 is 0.756 bits per heavy atom. The van der Waals surface area contributed by atoms with Crippen LogP contribution in [0, 0.1) is 0 Å². The summed E-state index contributed by atoms with van der Waals surface area (Å²) >= 11 is 12.0. The Labute approximate surface area is 254 Å². The molecule has 0 radical (unpaired) electrons. The van der Waals surface area contributed by atoms with Crippen molar-refractivity contribution in [3.63, 3.8) is 0 Å². The molecule has 0 atom stereocenters. The molecule has 2 aromatic heterocycles. The maximum Gasteiger partial charge on any atom is 0.236 e. The molecule has 6 rings (SSSR count). The molecule has 17 heteroatoms. The van der Waals surface area contributed by atoms with Gasteiger partial charge in [-0.2, -0.15) is 0 Å². The SMILES string of the molecule is Nc1cc(Cl)cc(N2CCOCC2)n1.O=S(=O)(Cl)C1CC1.O=S(=O)(Nc1cc(Cl)cc(N2CCOCC2)n1)C1CC1. The molecular weight excluding hydrogens is 639 g/mol. The molecule has 0 bridgehead atoms. The number of morpholine rings is 2. The summed E-state index contributed by atoms with van der Waals surface area (Å²) in [6.07, 6.45) is 2.94. The molecule has 4 fully saturated rings. The number of hydrogen-bond donors (Lipinski definition) is 2. The van der Waals surface area contributed by atoms with Crippen LogP contribution in [0.5, 0.6) is 0 Å². The Balaban J connectivity index is 0.000000159. The second-order valence-electron chi connectivity index (χ2n) is 9.82. The second-order valence-corrected chi connectivity index (χ2v) is 15.6.